The van der Waals surface area contributed by atoms with Crippen LogP contribution in [0.3, 0.4) is 0 Å². The van der Waals surface area contributed by atoms with Gasteiger partial charge < -0.3 is 20.5 Å². The fraction of sp³-hybridized carbons (Fsp3) is 0.318. The fourth-order valence-corrected chi connectivity index (χ4v) is 3.16. The number of hydrogen-bond donors (Lipinski definition) is 3. The smallest absolute Gasteiger partial charge is 0.134 e. The molecule has 3 N–H and O–H groups in total. The Labute approximate surface area is 160 Å². The van der Waals surface area contributed by atoms with Gasteiger partial charge in [-0.1, -0.05) is 30.9 Å². The maximum atomic E-state index is 9.54. The van der Waals surface area contributed by atoms with Crippen LogP contribution >= 0.6 is 0 Å². The summed E-state index contributed by atoms with van der Waals surface area (Å²) in [6.45, 7) is 8.23. The average molecular weight is 365 g/mol. The summed E-state index contributed by atoms with van der Waals surface area (Å²) in [5, 5.41) is 16.5. The van der Waals surface area contributed by atoms with Crippen LogP contribution in [0.5, 0.6) is 11.5 Å². The van der Waals surface area contributed by atoms with Crippen LogP contribution < -0.4 is 15.4 Å². The Morgan fingerprint density at radius 3 is 2.89 bits per heavy atom. The lowest BCUT2D eigenvalue weighted by molar-refractivity contribution is 0.362. The zero-order valence-corrected chi connectivity index (χ0v) is 15.5. The number of hydrogen-bond acceptors (Lipinski definition) is 5. The quantitative estimate of drug-likeness (QED) is 0.596. The van der Waals surface area contributed by atoms with Crippen molar-refractivity contribution in [2.24, 2.45) is 5.92 Å². The first-order valence-electron chi connectivity index (χ1n) is 9.34. The van der Waals surface area contributed by atoms with Gasteiger partial charge in [-0.25, -0.2) is 0 Å². The van der Waals surface area contributed by atoms with Gasteiger partial charge in [0.15, 0.2) is 0 Å². The molecule has 1 atom stereocenters. The molecule has 0 amide bonds. The Morgan fingerprint density at radius 1 is 1.22 bits per heavy atom. The number of pyridine rings is 1. The van der Waals surface area contributed by atoms with Gasteiger partial charge in [-0.2, -0.15) is 0 Å². The zero-order valence-electron chi connectivity index (χ0n) is 15.5. The molecule has 142 valence electrons. The predicted octanol–water partition coefficient (Wildman–Crippen LogP) is 3.22. The summed E-state index contributed by atoms with van der Waals surface area (Å²) in [5.74, 6) is 1.69. The lowest BCUT2D eigenvalue weighted by atomic mass is 10.1. The summed E-state index contributed by atoms with van der Waals surface area (Å²) in [6, 6.07) is 7.89. The maximum Gasteiger partial charge on any atom is 0.134 e. The van der Waals surface area contributed by atoms with E-state index in [0.29, 0.717) is 12.5 Å². The molecule has 3 rings (SSSR count). The molecule has 1 aromatic carbocycles. The first-order chi connectivity index (χ1) is 13.2. The van der Waals surface area contributed by atoms with E-state index in [1.165, 1.54) is 18.2 Å². The summed E-state index contributed by atoms with van der Waals surface area (Å²) in [7, 11) is 0. The molecule has 0 spiro atoms. The second-order valence-electron chi connectivity index (χ2n) is 6.81. The number of benzene rings is 1. The predicted molar refractivity (Wildman–Crippen MR) is 110 cm³/mol. The van der Waals surface area contributed by atoms with E-state index in [1.807, 2.05) is 18.2 Å². The summed E-state index contributed by atoms with van der Waals surface area (Å²) in [4.78, 5) is 4.00. The second-order valence-corrected chi connectivity index (χ2v) is 6.81. The summed E-state index contributed by atoms with van der Waals surface area (Å²) < 4.78 is 5.75. The van der Waals surface area contributed by atoms with E-state index in [2.05, 4.69) is 34.3 Å². The van der Waals surface area contributed by atoms with Crippen molar-refractivity contribution >= 4 is 12.2 Å². The van der Waals surface area contributed by atoms with E-state index in [4.69, 9.17) is 4.74 Å². The third kappa shape index (κ3) is 6.24. The molecule has 1 saturated heterocycles. The number of aromatic hydroxyl groups is 1. The molecule has 0 aliphatic carbocycles. The third-order valence-electron chi connectivity index (χ3n) is 4.49. The molecular formula is C22H27N3O2. The Balaban J connectivity index is 1.69. The molecule has 1 aromatic heterocycles. The molecule has 0 bridgehead atoms. The fourth-order valence-electron chi connectivity index (χ4n) is 3.16. The molecule has 2 aromatic rings. The first-order valence-corrected chi connectivity index (χ1v) is 9.34. The molecule has 1 aliphatic heterocycles. The van der Waals surface area contributed by atoms with Crippen molar-refractivity contribution in [1.29, 1.82) is 0 Å². The summed E-state index contributed by atoms with van der Waals surface area (Å²) >= 11 is 0. The van der Waals surface area contributed by atoms with Gasteiger partial charge in [-0.3, -0.25) is 4.98 Å². The molecule has 27 heavy (non-hydrogen) atoms. The van der Waals surface area contributed by atoms with E-state index in [0.717, 1.165) is 43.1 Å². The SMILES string of the molecule is C=CCOc1cc(/C=C/c2cncc(O)c2)cc(CNCC2CCNC2)c1. The molecule has 2 heterocycles. The van der Waals surface area contributed by atoms with Crippen LogP contribution in [0.25, 0.3) is 12.2 Å². The van der Waals surface area contributed by atoms with Gasteiger partial charge in [0.05, 0.1) is 6.20 Å². The normalized spacial score (nSPS) is 16.7. The Bertz CT molecular complexity index is 783. The highest BCUT2D eigenvalue weighted by Gasteiger charge is 2.13. The lowest BCUT2D eigenvalue weighted by Gasteiger charge is -2.12. The Hall–Kier alpha value is -2.63. The molecule has 1 fully saturated rings. The minimum atomic E-state index is 0.159. The van der Waals surface area contributed by atoms with Crippen LogP contribution in [-0.2, 0) is 6.54 Å². The first kappa shape index (κ1) is 19.1. The van der Waals surface area contributed by atoms with Crippen molar-refractivity contribution in [1.82, 2.24) is 15.6 Å². The number of nitrogens with zero attached hydrogens (tertiary/aromatic N) is 1. The van der Waals surface area contributed by atoms with Crippen LogP contribution in [0.15, 0.2) is 49.3 Å². The monoisotopic (exact) mass is 365 g/mol. The Morgan fingerprint density at radius 2 is 2.11 bits per heavy atom. The van der Waals surface area contributed by atoms with Gasteiger partial charge in [0.25, 0.3) is 0 Å². The number of ether oxygens (including phenoxy) is 1. The van der Waals surface area contributed by atoms with Crippen LogP contribution in [-0.4, -0.2) is 36.3 Å². The second kappa shape index (κ2) is 9.90. The van der Waals surface area contributed by atoms with Crippen molar-refractivity contribution in [2.75, 3.05) is 26.2 Å². The largest absolute Gasteiger partial charge is 0.506 e. The van der Waals surface area contributed by atoms with Gasteiger partial charge in [-0.15, -0.1) is 0 Å². The van der Waals surface area contributed by atoms with Crippen molar-refractivity contribution in [2.45, 2.75) is 13.0 Å². The number of nitrogens with one attached hydrogen (secondary N) is 2. The number of aromatic nitrogens is 1. The molecule has 1 unspecified atom stereocenters. The van der Waals surface area contributed by atoms with Gasteiger partial charge in [0.2, 0.25) is 0 Å². The van der Waals surface area contributed by atoms with Gasteiger partial charge in [0.1, 0.15) is 18.1 Å². The topological polar surface area (TPSA) is 66.4 Å². The maximum absolute atomic E-state index is 9.54. The van der Waals surface area contributed by atoms with E-state index < -0.39 is 0 Å². The van der Waals surface area contributed by atoms with Crippen molar-refractivity contribution in [3.05, 3.63) is 66.0 Å². The van der Waals surface area contributed by atoms with E-state index in [-0.39, 0.29) is 5.75 Å². The molecule has 0 radical (unpaired) electrons. The molecule has 1 aliphatic rings. The van der Waals surface area contributed by atoms with Gasteiger partial charge in [-0.05, 0) is 66.9 Å². The van der Waals surface area contributed by atoms with Crippen molar-refractivity contribution in [3.8, 4) is 11.5 Å². The van der Waals surface area contributed by atoms with Crippen LogP contribution in [0.1, 0.15) is 23.1 Å². The van der Waals surface area contributed by atoms with E-state index >= 15 is 0 Å². The highest BCUT2D eigenvalue weighted by atomic mass is 16.5. The van der Waals surface area contributed by atoms with Gasteiger partial charge >= 0.3 is 0 Å². The van der Waals surface area contributed by atoms with E-state index in [9.17, 15) is 5.11 Å². The average Bonchev–Trinajstić information content (AvgIpc) is 3.18. The van der Waals surface area contributed by atoms with Crippen LogP contribution in [0.4, 0.5) is 0 Å². The van der Waals surface area contributed by atoms with Crippen LogP contribution in [0, 0.1) is 5.92 Å². The van der Waals surface area contributed by atoms with Crippen molar-refractivity contribution in [3.63, 3.8) is 0 Å². The summed E-state index contributed by atoms with van der Waals surface area (Å²) in [5.41, 5.74) is 3.07. The molecule has 0 saturated carbocycles. The third-order valence-corrected chi connectivity index (χ3v) is 4.49. The standard InChI is InChI=1S/C22H27N3O2/c1-2-7-27-22-10-17(3-4-18-9-21(26)16-25-12-18)8-20(11-22)15-24-14-19-5-6-23-13-19/h2-4,8-12,16,19,23-24,26H,1,5-7,13-15H2/b4-3+. The van der Waals surface area contributed by atoms with Crippen molar-refractivity contribution < 1.29 is 9.84 Å². The minimum Gasteiger partial charge on any atom is -0.506 e. The number of rotatable bonds is 9. The minimum absolute atomic E-state index is 0.159. The molecule has 5 heteroatoms. The lowest BCUT2D eigenvalue weighted by Crippen LogP contribution is -2.24. The zero-order chi connectivity index (χ0) is 18.9. The highest BCUT2D eigenvalue weighted by molar-refractivity contribution is 5.70. The molecule has 5 nitrogen and oxygen atoms in total. The summed E-state index contributed by atoms with van der Waals surface area (Å²) in [6.07, 6.45) is 10.0. The van der Waals surface area contributed by atoms with Crippen LogP contribution in [0.2, 0.25) is 0 Å². The van der Waals surface area contributed by atoms with E-state index in [1.54, 1.807) is 18.3 Å². The molecular weight excluding hydrogens is 338 g/mol. The Kier molecular flexibility index (Phi) is 7.02. The van der Waals surface area contributed by atoms with Gasteiger partial charge in [0, 0.05) is 12.7 Å². The highest BCUT2D eigenvalue weighted by Crippen LogP contribution is 2.20.